The zero-order valence-electron chi connectivity index (χ0n) is 10.6. The fourth-order valence-corrected chi connectivity index (χ4v) is 2.88. The molecule has 0 radical (unpaired) electrons. The SMILES string of the molecule is Cc1cn(C2C[C@H](O[P+](=O)S)C(CO)O2)c(=O)[nH]c1=O. The van der Waals surface area contributed by atoms with E-state index < -0.39 is 36.9 Å². The lowest BCUT2D eigenvalue weighted by atomic mass is 10.2. The summed E-state index contributed by atoms with van der Waals surface area (Å²) in [4.78, 5) is 25.2. The summed E-state index contributed by atoms with van der Waals surface area (Å²) in [6.07, 6.45) is -0.444. The molecule has 3 unspecified atom stereocenters. The molecule has 0 aromatic carbocycles. The molecular weight excluding hydrogens is 307 g/mol. The number of aryl methyl sites for hydroxylation is 1. The van der Waals surface area contributed by atoms with Gasteiger partial charge in [-0.05, 0) is 11.5 Å². The second kappa shape index (κ2) is 6.19. The van der Waals surface area contributed by atoms with Crippen LogP contribution in [0.25, 0.3) is 0 Å². The number of thiol groups is 1. The molecule has 20 heavy (non-hydrogen) atoms. The molecule has 1 aromatic heterocycles. The molecule has 2 heterocycles. The molecule has 0 saturated carbocycles. The highest BCUT2D eigenvalue weighted by atomic mass is 32.7. The summed E-state index contributed by atoms with van der Waals surface area (Å²) in [6.45, 7) is 1.22. The Morgan fingerprint density at radius 2 is 2.35 bits per heavy atom. The van der Waals surface area contributed by atoms with Gasteiger partial charge in [-0.25, -0.2) is 4.79 Å². The summed E-state index contributed by atoms with van der Waals surface area (Å²) in [5, 5.41) is 9.21. The molecular formula is C10H14N2O6PS+. The van der Waals surface area contributed by atoms with E-state index >= 15 is 0 Å². The van der Waals surface area contributed by atoms with Gasteiger partial charge in [0, 0.05) is 18.2 Å². The van der Waals surface area contributed by atoms with E-state index in [1.54, 1.807) is 6.92 Å². The van der Waals surface area contributed by atoms with Crippen LogP contribution in [0.5, 0.6) is 0 Å². The van der Waals surface area contributed by atoms with Gasteiger partial charge in [0.15, 0.2) is 0 Å². The summed E-state index contributed by atoms with van der Waals surface area (Å²) < 4.78 is 22.8. The van der Waals surface area contributed by atoms with E-state index in [1.807, 2.05) is 0 Å². The van der Waals surface area contributed by atoms with Crippen LogP contribution in [0, 0.1) is 6.92 Å². The largest absolute Gasteiger partial charge is 0.582 e. The molecule has 0 amide bonds. The van der Waals surface area contributed by atoms with Crippen LogP contribution in [-0.2, 0) is 13.8 Å². The van der Waals surface area contributed by atoms with Gasteiger partial charge in [-0.15, -0.1) is 4.52 Å². The average molecular weight is 321 g/mol. The molecule has 8 nitrogen and oxygen atoms in total. The fraction of sp³-hybridized carbons (Fsp3) is 0.600. The minimum absolute atomic E-state index is 0.220. The number of aromatic nitrogens is 2. The van der Waals surface area contributed by atoms with E-state index in [2.05, 4.69) is 17.2 Å². The zero-order valence-corrected chi connectivity index (χ0v) is 12.3. The summed E-state index contributed by atoms with van der Waals surface area (Å²) in [7, 11) is -2.14. The molecule has 1 saturated heterocycles. The topological polar surface area (TPSA) is 111 Å². The van der Waals surface area contributed by atoms with Gasteiger partial charge in [-0.3, -0.25) is 14.3 Å². The molecule has 1 aliphatic rings. The average Bonchev–Trinajstić information content (AvgIpc) is 2.75. The lowest BCUT2D eigenvalue weighted by Crippen LogP contribution is -2.33. The van der Waals surface area contributed by atoms with Crippen molar-refractivity contribution in [2.45, 2.75) is 31.8 Å². The maximum Gasteiger partial charge on any atom is 0.582 e. The summed E-state index contributed by atoms with van der Waals surface area (Å²) >= 11 is 3.65. The molecule has 10 heteroatoms. The normalized spacial score (nSPS) is 26.8. The number of aromatic amines is 1. The van der Waals surface area contributed by atoms with E-state index in [4.69, 9.17) is 9.26 Å². The van der Waals surface area contributed by atoms with E-state index in [-0.39, 0.29) is 13.0 Å². The molecule has 0 bridgehead atoms. The highest BCUT2D eigenvalue weighted by Gasteiger charge is 2.41. The van der Waals surface area contributed by atoms with Gasteiger partial charge >= 0.3 is 12.9 Å². The summed E-state index contributed by atoms with van der Waals surface area (Å²) in [6, 6.07) is 0. The third-order valence-corrected chi connectivity index (χ3v) is 3.78. The Kier molecular flexibility index (Phi) is 4.77. The predicted octanol–water partition coefficient (Wildman–Crippen LogP) is 0.0972. The van der Waals surface area contributed by atoms with Crippen molar-refractivity contribution in [3.63, 3.8) is 0 Å². The van der Waals surface area contributed by atoms with Crippen molar-refractivity contribution in [2.75, 3.05) is 6.61 Å². The molecule has 2 N–H and O–H groups in total. The van der Waals surface area contributed by atoms with E-state index in [1.165, 1.54) is 10.8 Å². The van der Waals surface area contributed by atoms with Gasteiger partial charge in [0.1, 0.15) is 30.7 Å². The maximum absolute atomic E-state index is 11.8. The smallest absolute Gasteiger partial charge is 0.394 e. The Bertz CT molecular complexity index is 629. The van der Waals surface area contributed by atoms with Crippen LogP contribution < -0.4 is 11.2 Å². The van der Waals surface area contributed by atoms with Gasteiger partial charge in [0.25, 0.3) is 5.56 Å². The van der Waals surface area contributed by atoms with E-state index in [0.29, 0.717) is 5.56 Å². The molecule has 1 fully saturated rings. The molecule has 4 atom stereocenters. The maximum atomic E-state index is 11.8. The summed E-state index contributed by atoms with van der Waals surface area (Å²) in [5.74, 6) is 0. The lowest BCUT2D eigenvalue weighted by Gasteiger charge is -2.14. The van der Waals surface area contributed by atoms with Crippen molar-refractivity contribution in [2.24, 2.45) is 0 Å². The number of aliphatic hydroxyl groups is 1. The number of aliphatic hydroxyl groups excluding tert-OH is 1. The first kappa shape index (κ1) is 15.4. The predicted molar refractivity (Wildman–Crippen MR) is 73.1 cm³/mol. The second-order valence-corrected chi connectivity index (χ2v) is 6.07. The van der Waals surface area contributed by atoms with Crippen LogP contribution in [0.15, 0.2) is 15.8 Å². The number of hydrogen-bond acceptors (Lipinski definition) is 6. The first-order valence-electron chi connectivity index (χ1n) is 5.83. The van der Waals surface area contributed by atoms with Crippen LogP contribution in [0.3, 0.4) is 0 Å². The van der Waals surface area contributed by atoms with Crippen molar-refractivity contribution in [1.82, 2.24) is 9.55 Å². The van der Waals surface area contributed by atoms with Gasteiger partial charge in [-0.2, -0.15) is 0 Å². The van der Waals surface area contributed by atoms with Crippen molar-refractivity contribution in [1.29, 1.82) is 0 Å². The minimum atomic E-state index is -2.14. The van der Waals surface area contributed by atoms with Crippen molar-refractivity contribution < 1.29 is 18.9 Å². The Balaban J connectivity index is 2.27. The van der Waals surface area contributed by atoms with Crippen LogP contribution in [0.2, 0.25) is 0 Å². The highest BCUT2D eigenvalue weighted by molar-refractivity contribution is 8.39. The Morgan fingerprint density at radius 3 is 2.95 bits per heavy atom. The van der Waals surface area contributed by atoms with Gasteiger partial charge in [0.2, 0.25) is 0 Å². The Labute approximate surface area is 119 Å². The Hall–Kier alpha value is -0.990. The first-order valence-corrected chi connectivity index (χ1v) is 8.16. The first-order chi connectivity index (χ1) is 9.42. The van der Waals surface area contributed by atoms with Crippen LogP contribution in [0.1, 0.15) is 18.2 Å². The Morgan fingerprint density at radius 1 is 1.65 bits per heavy atom. The number of rotatable bonds is 4. The number of nitrogens with zero attached hydrogens (tertiary/aromatic N) is 1. The number of hydrogen-bond donors (Lipinski definition) is 3. The highest BCUT2D eigenvalue weighted by Crippen LogP contribution is 2.38. The zero-order chi connectivity index (χ0) is 14.9. The van der Waals surface area contributed by atoms with Gasteiger partial charge < -0.3 is 9.84 Å². The second-order valence-electron chi connectivity index (χ2n) is 4.41. The van der Waals surface area contributed by atoms with Gasteiger partial charge in [-0.1, -0.05) is 0 Å². The third-order valence-electron chi connectivity index (χ3n) is 3.04. The quantitative estimate of drug-likeness (QED) is 0.536. The monoisotopic (exact) mass is 321 g/mol. The van der Waals surface area contributed by atoms with Gasteiger partial charge in [0.05, 0.1) is 6.61 Å². The van der Waals surface area contributed by atoms with E-state index in [9.17, 15) is 19.3 Å². The number of ether oxygens (including phenoxy) is 1. The minimum Gasteiger partial charge on any atom is -0.394 e. The van der Waals surface area contributed by atoms with Crippen LogP contribution >= 0.6 is 19.5 Å². The lowest BCUT2D eigenvalue weighted by molar-refractivity contribution is -0.0410. The molecule has 0 aliphatic carbocycles. The molecule has 2 rings (SSSR count). The van der Waals surface area contributed by atoms with Crippen LogP contribution in [-0.4, -0.2) is 33.5 Å². The van der Waals surface area contributed by atoms with Crippen molar-refractivity contribution in [3.05, 3.63) is 32.6 Å². The third kappa shape index (κ3) is 3.18. The molecule has 110 valence electrons. The van der Waals surface area contributed by atoms with E-state index in [0.717, 1.165) is 0 Å². The van der Waals surface area contributed by atoms with Crippen LogP contribution in [0.4, 0.5) is 0 Å². The molecule has 0 spiro atoms. The summed E-state index contributed by atoms with van der Waals surface area (Å²) in [5.41, 5.74) is -0.717. The number of H-pyrrole nitrogens is 1. The van der Waals surface area contributed by atoms with Crippen molar-refractivity contribution in [3.8, 4) is 0 Å². The fourth-order valence-electron chi connectivity index (χ4n) is 2.06. The molecule has 1 aromatic rings. The molecule has 1 aliphatic heterocycles. The van der Waals surface area contributed by atoms with Crippen molar-refractivity contribution >= 4 is 19.5 Å². The number of nitrogens with one attached hydrogen (secondary N) is 1. The standard InChI is InChI=1S/C10H13N2O6PS/c1-5-3-12(10(15)11-9(5)14)8-2-6(18-19(16)20)7(4-13)17-8/h3,6-8,13H,2,4H2,1H3,(H-,11,14,15,16,20)/p+1/t6-,7?,8?/m0/s1.